The molecule has 0 saturated carbocycles. The van der Waals surface area contributed by atoms with E-state index in [1.165, 1.54) is 0 Å². The lowest BCUT2D eigenvalue weighted by Crippen LogP contribution is -2.32. The summed E-state index contributed by atoms with van der Waals surface area (Å²) in [5.41, 5.74) is 9.79. The molecular weight excluding hydrogens is 841 g/mol. The third kappa shape index (κ3) is 6.69. The van der Waals surface area contributed by atoms with Crippen molar-refractivity contribution in [2.75, 3.05) is 0 Å². The van der Waals surface area contributed by atoms with Crippen LogP contribution in [0.1, 0.15) is 40.0 Å². The van der Waals surface area contributed by atoms with E-state index >= 15 is 0 Å². The van der Waals surface area contributed by atoms with Gasteiger partial charge in [-0.3, -0.25) is 13.7 Å². The van der Waals surface area contributed by atoms with Gasteiger partial charge in [0.15, 0.2) is 0 Å². The number of rotatable bonds is 6. The van der Waals surface area contributed by atoms with Crippen molar-refractivity contribution < 1.29 is 23.0 Å². The van der Waals surface area contributed by atoms with E-state index in [2.05, 4.69) is 62.0 Å². The molecule has 0 N–H and O–H groups in total. The molecule has 0 unspecified atom stereocenters. The lowest BCUT2D eigenvalue weighted by Gasteiger charge is -2.22. The fourth-order valence-electron chi connectivity index (χ4n) is 9.98. The zero-order valence-electron chi connectivity index (χ0n) is 47.8. The van der Waals surface area contributed by atoms with Crippen LogP contribution < -0.4 is 9.30 Å². The van der Waals surface area contributed by atoms with Crippen molar-refractivity contribution in [3.63, 3.8) is 0 Å². The molecule has 0 saturated heterocycles. The Labute approximate surface area is 415 Å². The van der Waals surface area contributed by atoms with E-state index < -0.39 is 60.4 Å². The monoisotopic (exact) mass is 896 g/mol. The average Bonchev–Trinajstić information content (AvgIpc) is 4.22. The predicted molar refractivity (Wildman–Crippen MR) is 282 cm³/mol. The zero-order valence-corrected chi connectivity index (χ0v) is 37.8. The summed E-state index contributed by atoms with van der Waals surface area (Å²) in [6.45, 7) is 6.56. The summed E-state index contributed by atoms with van der Waals surface area (Å²) in [5.74, 6) is 1.91. The second kappa shape index (κ2) is 15.9. The molecule has 5 nitrogen and oxygen atoms in total. The van der Waals surface area contributed by atoms with Crippen LogP contribution in [-0.4, -0.2) is 14.1 Å². The van der Waals surface area contributed by atoms with Gasteiger partial charge < -0.3 is 4.74 Å². The molecule has 328 valence electrons. The number of pyridine rings is 1. The summed E-state index contributed by atoms with van der Waals surface area (Å²) in [6, 6.07) is 46.0. The largest absolute Gasteiger partial charge is 0.458 e. The van der Waals surface area contributed by atoms with Crippen molar-refractivity contribution in [1.29, 1.82) is 0 Å². The standard InChI is InChI=1S/C64H46N4O/c1-64(2,3)44-36-37-65-60(38-44)68-57-30-15-14-27-53(57)54-33-32-47(40-59(54)68)69-46-23-16-22-45(39-46)66-41-67-62-56(29-17-31-58(62)66)52-26-11-10-24-50(52)51-25-12-13-28-55(51)61-48(42-18-6-4-7-19-42)34-35-49(63(61)67)43-20-8-5-9-21-43/h4-40H,1-3H3/i4D,5D,6D,7D,8D,9D,18D,19D,20D,21D. The minimum Gasteiger partial charge on any atom is -0.458 e. The number of ether oxygens (including phenoxy) is 1. The summed E-state index contributed by atoms with van der Waals surface area (Å²) in [5, 5.41) is 2.13. The Hall–Kier alpha value is -8.80. The van der Waals surface area contributed by atoms with Crippen LogP contribution in [0.2, 0.25) is 0 Å². The Bertz CT molecular complexity index is 4540. The maximum absolute atomic E-state index is 9.41. The normalized spacial score (nSPS) is 14.0. The van der Waals surface area contributed by atoms with Gasteiger partial charge in [-0.05, 0) is 110 Å². The van der Waals surface area contributed by atoms with Gasteiger partial charge in [-0.15, -0.1) is 0 Å². The van der Waals surface area contributed by atoms with Crippen molar-refractivity contribution >= 4 is 32.8 Å². The number of hydrogen-bond acceptors (Lipinski definition) is 2. The third-order valence-corrected chi connectivity index (χ3v) is 13.1. The van der Waals surface area contributed by atoms with E-state index in [-0.39, 0.29) is 27.7 Å². The lowest BCUT2D eigenvalue weighted by molar-refractivity contribution is -0.570. The molecule has 0 fully saturated rings. The highest BCUT2D eigenvalue weighted by molar-refractivity contribution is 6.10. The van der Waals surface area contributed by atoms with Crippen molar-refractivity contribution in [2.24, 2.45) is 0 Å². The van der Waals surface area contributed by atoms with Crippen LogP contribution in [-0.2, 0) is 5.41 Å². The number of imidazole rings is 1. The van der Waals surface area contributed by atoms with Gasteiger partial charge in [-0.25, -0.2) is 4.98 Å². The average molecular weight is 897 g/mol. The van der Waals surface area contributed by atoms with Crippen LogP contribution in [0.3, 0.4) is 0 Å². The molecule has 0 atom stereocenters. The van der Waals surface area contributed by atoms with Crippen molar-refractivity contribution in [3.05, 3.63) is 236 Å². The van der Waals surface area contributed by atoms with E-state index in [1.54, 1.807) is 12.1 Å². The maximum atomic E-state index is 9.41. The Morgan fingerprint density at radius 3 is 1.90 bits per heavy atom. The molecular formula is C64H46N4O. The highest BCUT2D eigenvalue weighted by atomic mass is 16.5. The van der Waals surface area contributed by atoms with E-state index in [0.29, 0.717) is 45.0 Å². The highest BCUT2D eigenvalue weighted by Gasteiger charge is 2.28. The molecule has 1 aliphatic rings. The molecule has 9 aromatic carbocycles. The van der Waals surface area contributed by atoms with E-state index in [1.807, 2.05) is 131 Å². The SMILES string of the molecule is [2H]c1c([2H])c([2H])c(-c2ccc(-c3c([2H])c([2H])c([2H])c([2H])c3[2H])c3c2-c2ccccc2-c2ccccc2-c2cccc4c2[n+]-3[c-]n4-c2cccc(Oc3ccc4c5ccccc5n(-c5cc(C(C)(C)C)ccn5)c4c3)c2)c([2H])c1[2H]. The van der Waals surface area contributed by atoms with E-state index in [9.17, 15) is 5.48 Å². The molecule has 69 heavy (non-hydrogen) atoms. The number of fused-ring (bicyclic) bond motifs is 10. The molecule has 13 rings (SSSR count). The first-order chi connectivity index (χ1) is 38.0. The Kier molecular flexibility index (Phi) is 7.21. The molecule has 5 heteroatoms. The van der Waals surface area contributed by atoms with Crippen molar-refractivity contribution in [1.82, 2.24) is 14.1 Å². The topological polar surface area (TPSA) is 35.9 Å². The molecule has 12 aromatic rings. The minimum atomic E-state index is -0.555. The first-order valence-corrected chi connectivity index (χ1v) is 22.8. The highest BCUT2D eigenvalue weighted by Crippen LogP contribution is 2.48. The lowest BCUT2D eigenvalue weighted by atomic mass is 9.84. The molecule has 1 aliphatic heterocycles. The van der Waals surface area contributed by atoms with Gasteiger partial charge in [-0.1, -0.05) is 184 Å². The van der Waals surface area contributed by atoms with Crippen LogP contribution in [0.25, 0.3) is 106 Å². The third-order valence-electron chi connectivity index (χ3n) is 13.1. The number of nitrogens with zero attached hydrogens (tertiary/aromatic N) is 4. The summed E-state index contributed by atoms with van der Waals surface area (Å²) in [7, 11) is 0. The summed E-state index contributed by atoms with van der Waals surface area (Å²) < 4.78 is 103. The zero-order chi connectivity index (χ0) is 54.9. The Balaban J connectivity index is 1.08. The second-order valence-corrected chi connectivity index (χ2v) is 18.2. The van der Waals surface area contributed by atoms with Gasteiger partial charge in [0.25, 0.3) is 6.33 Å². The number of aromatic nitrogens is 4. The molecule has 0 bridgehead atoms. The van der Waals surface area contributed by atoms with Gasteiger partial charge in [0, 0.05) is 28.6 Å². The number of para-hydroxylation sites is 2. The van der Waals surface area contributed by atoms with E-state index in [0.717, 1.165) is 55.4 Å². The number of hydrogen-bond donors (Lipinski definition) is 0. The fraction of sp³-hybridized carbons (Fsp3) is 0.0625. The van der Waals surface area contributed by atoms with Crippen LogP contribution in [0.5, 0.6) is 11.5 Å². The van der Waals surface area contributed by atoms with Gasteiger partial charge in [0.2, 0.25) is 0 Å². The fourth-order valence-corrected chi connectivity index (χ4v) is 9.98. The molecule has 0 aliphatic carbocycles. The van der Waals surface area contributed by atoms with Crippen LogP contribution in [0.4, 0.5) is 0 Å². The molecule has 3 aromatic heterocycles. The summed E-state index contributed by atoms with van der Waals surface area (Å²) >= 11 is 0. The van der Waals surface area contributed by atoms with Crippen LogP contribution >= 0.6 is 0 Å². The molecule has 0 spiro atoms. The Morgan fingerprint density at radius 2 is 1.13 bits per heavy atom. The first-order valence-electron chi connectivity index (χ1n) is 27.8. The summed E-state index contributed by atoms with van der Waals surface area (Å²) in [4.78, 5) is 4.87. The summed E-state index contributed by atoms with van der Waals surface area (Å²) in [6.07, 6.45) is 5.53. The van der Waals surface area contributed by atoms with Crippen molar-refractivity contribution in [2.45, 2.75) is 26.2 Å². The van der Waals surface area contributed by atoms with Crippen molar-refractivity contribution in [3.8, 4) is 84.3 Å². The first kappa shape index (κ1) is 31.2. The van der Waals surface area contributed by atoms with Gasteiger partial charge >= 0.3 is 0 Å². The Morgan fingerprint density at radius 1 is 0.522 bits per heavy atom. The van der Waals surface area contributed by atoms with Gasteiger partial charge in [0.05, 0.1) is 47.1 Å². The van der Waals surface area contributed by atoms with Crippen LogP contribution in [0.15, 0.2) is 224 Å². The van der Waals surface area contributed by atoms with Gasteiger partial charge in [0.1, 0.15) is 17.3 Å². The quantitative estimate of drug-likeness (QED) is 0.123. The van der Waals surface area contributed by atoms with Gasteiger partial charge in [-0.2, -0.15) is 0 Å². The molecule has 4 heterocycles. The molecule has 0 radical (unpaired) electrons. The van der Waals surface area contributed by atoms with E-state index in [4.69, 9.17) is 17.9 Å². The predicted octanol–water partition coefficient (Wildman–Crippen LogP) is 15.9. The number of benzene rings is 9. The maximum Gasteiger partial charge on any atom is 0.269 e. The second-order valence-electron chi connectivity index (χ2n) is 18.2. The molecule has 0 amide bonds. The van der Waals surface area contributed by atoms with Crippen LogP contribution in [0, 0.1) is 6.33 Å². The minimum absolute atomic E-state index is 0.0696. The smallest absolute Gasteiger partial charge is 0.269 e.